The molecule has 0 aliphatic carbocycles. The zero-order valence-corrected chi connectivity index (χ0v) is 12.3. The van der Waals surface area contributed by atoms with Crippen molar-refractivity contribution in [2.24, 2.45) is 5.73 Å². The van der Waals surface area contributed by atoms with Crippen molar-refractivity contribution in [3.63, 3.8) is 0 Å². The van der Waals surface area contributed by atoms with Gasteiger partial charge in [0.05, 0.1) is 10.4 Å². The molecule has 21 heavy (non-hydrogen) atoms. The fourth-order valence-corrected chi connectivity index (χ4v) is 2.22. The van der Waals surface area contributed by atoms with E-state index < -0.39 is 4.92 Å². The van der Waals surface area contributed by atoms with Gasteiger partial charge in [0.25, 0.3) is 0 Å². The molecule has 2 aromatic rings. The van der Waals surface area contributed by atoms with Gasteiger partial charge in [-0.1, -0.05) is 32.0 Å². The van der Waals surface area contributed by atoms with Gasteiger partial charge < -0.3 is 11.1 Å². The first-order valence-corrected chi connectivity index (χ1v) is 7.05. The highest BCUT2D eigenvalue weighted by Gasteiger charge is 2.23. The molecule has 1 heterocycles. The van der Waals surface area contributed by atoms with E-state index in [-0.39, 0.29) is 11.2 Å². The first-order valence-electron chi connectivity index (χ1n) is 7.05. The normalized spacial score (nSPS) is 11.6. The van der Waals surface area contributed by atoms with Crippen LogP contribution >= 0.6 is 0 Å². The molecule has 1 aromatic carbocycles. The SMILES string of the molecule is CCC(N)(CC)CNc1c([N+](=O)[O-])cnc2ccccc12. The standard InChI is InChI=1S/C15H20N4O2/c1-3-15(16,4-2)10-18-14-11-7-5-6-8-12(11)17-9-13(14)19(20)21/h5-9H,3-4,10,16H2,1-2H3,(H,17,18). The molecule has 0 unspecified atom stereocenters. The Labute approximate surface area is 123 Å². The summed E-state index contributed by atoms with van der Waals surface area (Å²) in [6.45, 7) is 4.52. The van der Waals surface area contributed by atoms with Gasteiger partial charge in [0.1, 0.15) is 11.9 Å². The molecule has 0 saturated heterocycles. The minimum absolute atomic E-state index is 0.0248. The highest BCUT2D eigenvalue weighted by Crippen LogP contribution is 2.31. The molecule has 2 rings (SSSR count). The lowest BCUT2D eigenvalue weighted by Crippen LogP contribution is -2.45. The quantitative estimate of drug-likeness (QED) is 0.629. The predicted octanol–water partition coefficient (Wildman–Crippen LogP) is 3.07. The number of nitrogens with two attached hydrogens (primary N) is 1. The van der Waals surface area contributed by atoms with E-state index in [1.165, 1.54) is 6.20 Å². The summed E-state index contributed by atoms with van der Waals surface area (Å²) < 4.78 is 0. The van der Waals surface area contributed by atoms with Crippen LogP contribution in [0.2, 0.25) is 0 Å². The maximum Gasteiger partial charge on any atom is 0.311 e. The molecule has 0 spiro atoms. The second-order valence-electron chi connectivity index (χ2n) is 5.22. The van der Waals surface area contributed by atoms with Gasteiger partial charge in [0.15, 0.2) is 0 Å². The van der Waals surface area contributed by atoms with Crippen molar-refractivity contribution in [3.8, 4) is 0 Å². The Bertz CT molecular complexity index is 653. The molecule has 0 aliphatic rings. The zero-order chi connectivity index (χ0) is 15.5. The molecule has 0 fully saturated rings. The predicted molar refractivity (Wildman–Crippen MR) is 84.4 cm³/mol. The molecule has 6 heteroatoms. The number of benzene rings is 1. The van der Waals surface area contributed by atoms with Crippen molar-refractivity contribution in [2.45, 2.75) is 32.2 Å². The van der Waals surface area contributed by atoms with E-state index in [1.807, 2.05) is 38.1 Å². The summed E-state index contributed by atoms with van der Waals surface area (Å²) in [5, 5.41) is 15.1. The highest BCUT2D eigenvalue weighted by molar-refractivity contribution is 5.95. The highest BCUT2D eigenvalue weighted by atomic mass is 16.6. The van der Waals surface area contributed by atoms with Crippen LogP contribution in [0.5, 0.6) is 0 Å². The van der Waals surface area contributed by atoms with Crippen LogP contribution in [0.15, 0.2) is 30.5 Å². The summed E-state index contributed by atoms with van der Waals surface area (Å²) in [5.74, 6) is 0. The number of nitrogens with zero attached hydrogens (tertiary/aromatic N) is 2. The minimum Gasteiger partial charge on any atom is -0.377 e. The minimum atomic E-state index is -0.419. The van der Waals surface area contributed by atoms with Crippen molar-refractivity contribution < 1.29 is 4.92 Å². The number of para-hydroxylation sites is 1. The van der Waals surface area contributed by atoms with Crippen molar-refractivity contribution in [2.75, 3.05) is 11.9 Å². The molecular weight excluding hydrogens is 268 g/mol. The van der Waals surface area contributed by atoms with E-state index >= 15 is 0 Å². The van der Waals surface area contributed by atoms with Crippen molar-refractivity contribution in [1.82, 2.24) is 4.98 Å². The van der Waals surface area contributed by atoms with Crippen LogP contribution in [0.3, 0.4) is 0 Å². The summed E-state index contributed by atoms with van der Waals surface area (Å²) in [5.41, 5.74) is 7.08. The Hall–Kier alpha value is -2.21. The summed E-state index contributed by atoms with van der Waals surface area (Å²) in [6.07, 6.45) is 2.89. The molecule has 6 nitrogen and oxygen atoms in total. The maximum atomic E-state index is 11.2. The van der Waals surface area contributed by atoms with Gasteiger partial charge in [0.2, 0.25) is 0 Å². The molecule has 0 amide bonds. The number of fused-ring (bicyclic) bond motifs is 1. The Morgan fingerprint density at radius 3 is 2.62 bits per heavy atom. The van der Waals surface area contributed by atoms with Crippen molar-refractivity contribution in [3.05, 3.63) is 40.6 Å². The summed E-state index contributed by atoms with van der Waals surface area (Å²) in [6, 6.07) is 7.36. The third-order valence-corrected chi connectivity index (χ3v) is 3.98. The lowest BCUT2D eigenvalue weighted by Gasteiger charge is -2.27. The average molecular weight is 288 g/mol. The number of hydrogen-bond donors (Lipinski definition) is 2. The lowest BCUT2D eigenvalue weighted by atomic mass is 9.94. The van der Waals surface area contributed by atoms with Crippen molar-refractivity contribution >= 4 is 22.3 Å². The number of rotatable bonds is 6. The second-order valence-corrected chi connectivity index (χ2v) is 5.22. The average Bonchev–Trinajstić information content (AvgIpc) is 2.51. The van der Waals surface area contributed by atoms with Crippen LogP contribution in [0.25, 0.3) is 10.9 Å². The number of anilines is 1. The number of pyridine rings is 1. The Morgan fingerprint density at radius 2 is 2.00 bits per heavy atom. The molecule has 0 saturated carbocycles. The van der Waals surface area contributed by atoms with E-state index in [4.69, 9.17) is 5.73 Å². The van der Waals surface area contributed by atoms with Crippen LogP contribution in [0.1, 0.15) is 26.7 Å². The Morgan fingerprint density at radius 1 is 1.33 bits per heavy atom. The molecule has 0 atom stereocenters. The summed E-state index contributed by atoms with van der Waals surface area (Å²) in [4.78, 5) is 14.9. The first-order chi connectivity index (χ1) is 10.0. The molecule has 0 radical (unpaired) electrons. The van der Waals surface area contributed by atoms with Gasteiger partial charge in [-0.25, -0.2) is 4.98 Å². The largest absolute Gasteiger partial charge is 0.377 e. The topological polar surface area (TPSA) is 94.1 Å². The van der Waals surface area contributed by atoms with Crippen LogP contribution in [-0.2, 0) is 0 Å². The van der Waals surface area contributed by atoms with Gasteiger partial charge >= 0.3 is 5.69 Å². The van der Waals surface area contributed by atoms with E-state index in [9.17, 15) is 10.1 Å². The third kappa shape index (κ3) is 3.11. The van der Waals surface area contributed by atoms with Gasteiger partial charge in [-0.05, 0) is 18.9 Å². The number of hydrogen-bond acceptors (Lipinski definition) is 5. The van der Waals surface area contributed by atoms with E-state index in [2.05, 4.69) is 10.3 Å². The summed E-state index contributed by atoms with van der Waals surface area (Å²) >= 11 is 0. The molecular formula is C15H20N4O2. The molecule has 0 bridgehead atoms. The fourth-order valence-electron chi connectivity index (χ4n) is 2.22. The monoisotopic (exact) mass is 288 g/mol. The van der Waals surface area contributed by atoms with Gasteiger partial charge in [0, 0.05) is 17.5 Å². The lowest BCUT2D eigenvalue weighted by molar-refractivity contribution is -0.384. The van der Waals surface area contributed by atoms with Crippen LogP contribution in [0.4, 0.5) is 11.4 Å². The summed E-state index contributed by atoms with van der Waals surface area (Å²) in [7, 11) is 0. The third-order valence-electron chi connectivity index (χ3n) is 3.98. The number of aromatic nitrogens is 1. The second kappa shape index (κ2) is 6.05. The Kier molecular flexibility index (Phi) is 4.37. The van der Waals surface area contributed by atoms with Gasteiger partial charge in [-0.3, -0.25) is 10.1 Å². The van der Waals surface area contributed by atoms with E-state index in [1.54, 1.807) is 0 Å². The smallest absolute Gasteiger partial charge is 0.311 e. The van der Waals surface area contributed by atoms with E-state index in [0.717, 1.165) is 23.7 Å². The van der Waals surface area contributed by atoms with Crippen molar-refractivity contribution in [1.29, 1.82) is 0 Å². The van der Waals surface area contributed by atoms with Crippen LogP contribution in [-0.4, -0.2) is 22.0 Å². The number of nitro groups is 1. The molecule has 112 valence electrons. The van der Waals surface area contributed by atoms with Crippen LogP contribution in [0, 0.1) is 10.1 Å². The molecule has 1 aromatic heterocycles. The van der Waals surface area contributed by atoms with Gasteiger partial charge in [-0.2, -0.15) is 0 Å². The van der Waals surface area contributed by atoms with Gasteiger partial charge in [-0.15, -0.1) is 0 Å². The van der Waals surface area contributed by atoms with Crippen LogP contribution < -0.4 is 11.1 Å². The van der Waals surface area contributed by atoms with E-state index in [0.29, 0.717) is 12.2 Å². The maximum absolute atomic E-state index is 11.2. The fraction of sp³-hybridized carbons (Fsp3) is 0.400. The molecule has 3 N–H and O–H groups in total. The number of nitrogens with one attached hydrogen (secondary N) is 1. The molecule has 0 aliphatic heterocycles. The zero-order valence-electron chi connectivity index (χ0n) is 12.3. The Balaban J connectivity index is 2.45. The first kappa shape index (κ1) is 15.2.